The van der Waals surface area contributed by atoms with Crippen molar-refractivity contribution in [2.45, 2.75) is 46.0 Å². The van der Waals surface area contributed by atoms with Crippen LogP contribution in [0.25, 0.3) is 0 Å². The summed E-state index contributed by atoms with van der Waals surface area (Å²) in [5.41, 5.74) is 2.84. The van der Waals surface area contributed by atoms with Crippen LogP contribution >= 0.6 is 0 Å². The Balaban J connectivity index is 3.61. The van der Waals surface area contributed by atoms with Crippen LogP contribution in [0.5, 0.6) is 0 Å². The highest BCUT2D eigenvalue weighted by Crippen LogP contribution is 2.17. The highest BCUT2D eigenvalue weighted by Gasteiger charge is 2.07. The predicted molar refractivity (Wildman–Crippen MR) is 57.6 cm³/mol. The van der Waals surface area contributed by atoms with E-state index in [9.17, 15) is 0 Å². The minimum absolute atomic E-state index is 0.472. The lowest BCUT2D eigenvalue weighted by atomic mass is 10.0. The van der Waals surface area contributed by atoms with Gasteiger partial charge >= 0.3 is 0 Å². The summed E-state index contributed by atoms with van der Waals surface area (Å²) in [5.74, 6) is 1.37. The van der Waals surface area contributed by atoms with Crippen molar-refractivity contribution in [3.63, 3.8) is 0 Å². The molecule has 0 saturated heterocycles. The van der Waals surface area contributed by atoms with Crippen LogP contribution in [0.2, 0.25) is 0 Å². The maximum Gasteiger partial charge on any atom is 0.140 e. The van der Waals surface area contributed by atoms with E-state index in [2.05, 4.69) is 26.2 Å². The van der Waals surface area contributed by atoms with Gasteiger partial charge in [-0.2, -0.15) is 0 Å². The van der Waals surface area contributed by atoms with Gasteiger partial charge < -0.3 is 4.74 Å². The van der Waals surface area contributed by atoms with Crippen molar-refractivity contribution in [3.05, 3.63) is 18.1 Å². The van der Waals surface area contributed by atoms with Crippen molar-refractivity contribution in [3.8, 4) is 0 Å². The summed E-state index contributed by atoms with van der Waals surface area (Å²) in [6, 6.07) is 0. The maximum absolute atomic E-state index is 5.16. The molecule has 13 heavy (non-hydrogen) atoms. The van der Waals surface area contributed by atoms with Gasteiger partial charge in [0.1, 0.15) is 5.76 Å². The van der Waals surface area contributed by atoms with E-state index in [0.717, 1.165) is 5.76 Å². The van der Waals surface area contributed by atoms with Crippen molar-refractivity contribution in [2.75, 3.05) is 7.11 Å². The van der Waals surface area contributed by atoms with Crippen LogP contribution in [0.4, 0.5) is 0 Å². The Kier molecular flexibility index (Phi) is 7.53. The lowest BCUT2D eigenvalue weighted by Crippen LogP contribution is -2.00. The molecule has 0 radical (unpaired) electrons. The highest BCUT2D eigenvalue weighted by molar-refractivity contribution is 4.93. The summed E-state index contributed by atoms with van der Waals surface area (Å²) < 4.78 is 5.16. The first-order valence-electron chi connectivity index (χ1n) is 5.20. The summed E-state index contributed by atoms with van der Waals surface area (Å²) >= 11 is 0. The second kappa shape index (κ2) is 7.94. The molecule has 1 atom stereocenters. The second-order valence-electron chi connectivity index (χ2n) is 3.50. The Hall–Kier alpha value is -0.680. The average molecular weight is 182 g/mol. The number of unbranched alkanes of at least 4 members (excludes halogenated alkanes) is 3. The Morgan fingerprint density at radius 1 is 1.38 bits per heavy atom. The van der Waals surface area contributed by atoms with E-state index < -0.39 is 0 Å². The SMILES string of the molecule is C=C=C(OC)C(C)CCCCCC. The maximum atomic E-state index is 5.16. The molecule has 0 heterocycles. The van der Waals surface area contributed by atoms with E-state index in [0.29, 0.717) is 5.92 Å². The fraction of sp³-hybridized carbons (Fsp3) is 0.750. The molecule has 0 aromatic heterocycles. The van der Waals surface area contributed by atoms with Gasteiger partial charge in [-0.1, -0.05) is 51.8 Å². The number of hydrogen-bond acceptors (Lipinski definition) is 1. The van der Waals surface area contributed by atoms with E-state index in [1.165, 1.54) is 32.1 Å². The largest absolute Gasteiger partial charge is 0.493 e. The lowest BCUT2D eigenvalue weighted by Gasteiger charge is -2.11. The zero-order valence-corrected chi connectivity index (χ0v) is 9.23. The van der Waals surface area contributed by atoms with Gasteiger partial charge in [0.15, 0.2) is 0 Å². The molecule has 76 valence electrons. The zero-order chi connectivity index (χ0) is 10.1. The first-order valence-corrected chi connectivity index (χ1v) is 5.20. The van der Waals surface area contributed by atoms with Crippen molar-refractivity contribution >= 4 is 0 Å². The molecule has 0 bridgehead atoms. The van der Waals surface area contributed by atoms with Gasteiger partial charge in [0.05, 0.1) is 7.11 Å². The molecule has 1 nitrogen and oxygen atoms in total. The number of rotatable bonds is 7. The number of hydrogen-bond donors (Lipinski definition) is 0. The molecular formula is C12H22O. The Morgan fingerprint density at radius 3 is 2.54 bits per heavy atom. The molecule has 0 aliphatic rings. The van der Waals surface area contributed by atoms with E-state index in [1.807, 2.05) is 0 Å². The molecule has 1 unspecified atom stereocenters. The normalized spacial score (nSPS) is 11.9. The van der Waals surface area contributed by atoms with Crippen LogP contribution < -0.4 is 0 Å². The molecular weight excluding hydrogens is 160 g/mol. The van der Waals surface area contributed by atoms with Crippen LogP contribution in [0.1, 0.15) is 46.0 Å². The summed E-state index contributed by atoms with van der Waals surface area (Å²) in [5, 5.41) is 0. The Bertz CT molecular complexity index is 166. The van der Waals surface area contributed by atoms with Crippen molar-refractivity contribution < 1.29 is 4.74 Å². The monoisotopic (exact) mass is 182 g/mol. The minimum Gasteiger partial charge on any atom is -0.493 e. The zero-order valence-electron chi connectivity index (χ0n) is 9.23. The summed E-state index contributed by atoms with van der Waals surface area (Å²) in [4.78, 5) is 0. The van der Waals surface area contributed by atoms with Crippen molar-refractivity contribution in [1.29, 1.82) is 0 Å². The van der Waals surface area contributed by atoms with Gasteiger partial charge in [-0.3, -0.25) is 0 Å². The third-order valence-electron chi connectivity index (χ3n) is 2.33. The molecule has 0 aliphatic heterocycles. The third kappa shape index (κ3) is 5.54. The summed E-state index contributed by atoms with van der Waals surface area (Å²) in [7, 11) is 1.69. The van der Waals surface area contributed by atoms with Crippen molar-refractivity contribution in [2.24, 2.45) is 5.92 Å². The van der Waals surface area contributed by atoms with Gasteiger partial charge in [0.25, 0.3) is 0 Å². The fourth-order valence-corrected chi connectivity index (χ4v) is 1.46. The van der Waals surface area contributed by atoms with Crippen LogP contribution in [0, 0.1) is 5.92 Å². The van der Waals surface area contributed by atoms with Crippen LogP contribution in [-0.4, -0.2) is 7.11 Å². The van der Waals surface area contributed by atoms with Gasteiger partial charge in [-0.05, 0) is 6.42 Å². The summed E-state index contributed by atoms with van der Waals surface area (Å²) in [6.45, 7) is 8.01. The first-order chi connectivity index (χ1) is 6.26. The van der Waals surface area contributed by atoms with E-state index in [-0.39, 0.29) is 0 Å². The molecule has 0 amide bonds. The minimum atomic E-state index is 0.472. The molecule has 0 rings (SSSR count). The predicted octanol–water partition coefficient (Wildman–Crippen LogP) is 3.91. The van der Waals surface area contributed by atoms with E-state index in [1.54, 1.807) is 7.11 Å². The van der Waals surface area contributed by atoms with Crippen LogP contribution in [0.15, 0.2) is 18.1 Å². The van der Waals surface area contributed by atoms with Crippen LogP contribution in [0.3, 0.4) is 0 Å². The van der Waals surface area contributed by atoms with E-state index in [4.69, 9.17) is 4.74 Å². The van der Waals surface area contributed by atoms with Gasteiger partial charge in [0.2, 0.25) is 0 Å². The quantitative estimate of drug-likeness (QED) is 0.329. The van der Waals surface area contributed by atoms with Crippen molar-refractivity contribution in [1.82, 2.24) is 0 Å². The molecule has 1 heteroatoms. The second-order valence-corrected chi connectivity index (χ2v) is 3.50. The fourth-order valence-electron chi connectivity index (χ4n) is 1.46. The Morgan fingerprint density at radius 2 is 2.08 bits per heavy atom. The van der Waals surface area contributed by atoms with E-state index >= 15 is 0 Å². The van der Waals surface area contributed by atoms with Gasteiger partial charge in [-0.15, -0.1) is 0 Å². The lowest BCUT2D eigenvalue weighted by molar-refractivity contribution is 0.241. The summed E-state index contributed by atoms with van der Waals surface area (Å²) in [6.07, 6.45) is 6.43. The van der Waals surface area contributed by atoms with Crippen LogP contribution in [-0.2, 0) is 4.74 Å². The molecule has 0 N–H and O–H groups in total. The number of allylic oxidation sites excluding steroid dienone is 1. The number of methoxy groups -OCH3 is 1. The number of ether oxygens (including phenoxy) is 1. The standard InChI is InChI=1S/C12H22O/c1-5-7-8-9-10-11(3)12(6-2)13-4/h11H,2,5,7-10H2,1,3-4H3. The molecule has 0 saturated carbocycles. The molecule has 0 fully saturated rings. The molecule has 0 aromatic carbocycles. The molecule has 0 aromatic rings. The third-order valence-corrected chi connectivity index (χ3v) is 2.33. The highest BCUT2D eigenvalue weighted by atomic mass is 16.5. The topological polar surface area (TPSA) is 9.23 Å². The molecule has 0 spiro atoms. The Labute approximate surface area is 82.5 Å². The first kappa shape index (κ1) is 12.3. The average Bonchev–Trinajstić information content (AvgIpc) is 2.14. The van der Waals surface area contributed by atoms with Gasteiger partial charge in [-0.25, -0.2) is 0 Å². The van der Waals surface area contributed by atoms with Gasteiger partial charge in [0, 0.05) is 5.92 Å². The molecule has 0 aliphatic carbocycles. The smallest absolute Gasteiger partial charge is 0.140 e.